The molecule has 1 N–H and O–H groups in total. The van der Waals surface area contributed by atoms with Crippen LogP contribution in [0.1, 0.15) is 5.56 Å². The number of terminal acetylenes is 1. The molecule has 0 fully saturated rings. The molecule has 0 heterocycles. The maximum absolute atomic E-state index is 11.9. The summed E-state index contributed by atoms with van der Waals surface area (Å²) in [7, 11) is 0. The van der Waals surface area contributed by atoms with Crippen molar-refractivity contribution in [3.63, 3.8) is 0 Å². The normalized spacial score (nSPS) is 10.1. The van der Waals surface area contributed by atoms with Crippen molar-refractivity contribution in [2.45, 2.75) is 13.0 Å². The van der Waals surface area contributed by atoms with E-state index in [9.17, 15) is 8.78 Å². The van der Waals surface area contributed by atoms with Gasteiger partial charge in [0.2, 0.25) is 0 Å². The molecule has 4 heteroatoms. The van der Waals surface area contributed by atoms with Crippen molar-refractivity contribution in [1.82, 2.24) is 5.32 Å². The highest BCUT2D eigenvalue weighted by atomic mass is 19.3. The number of ether oxygens (including phenoxy) is 1. The zero-order valence-electron chi connectivity index (χ0n) is 8.75. The predicted molar refractivity (Wildman–Crippen MR) is 58.5 cm³/mol. The van der Waals surface area contributed by atoms with E-state index >= 15 is 0 Å². The minimum Gasteiger partial charge on any atom is -0.481 e. The second kappa shape index (κ2) is 6.81. The predicted octanol–water partition coefficient (Wildman–Crippen LogP) is 2.05. The van der Waals surface area contributed by atoms with Gasteiger partial charge in [-0.25, -0.2) is 8.78 Å². The van der Waals surface area contributed by atoms with Crippen LogP contribution in [0.15, 0.2) is 24.3 Å². The lowest BCUT2D eigenvalue weighted by molar-refractivity contribution is 0.145. The topological polar surface area (TPSA) is 21.3 Å². The summed E-state index contributed by atoms with van der Waals surface area (Å²) in [5, 5.41) is 2.64. The molecule has 2 nitrogen and oxygen atoms in total. The van der Waals surface area contributed by atoms with E-state index in [-0.39, 0.29) is 13.2 Å². The second-order valence-corrected chi connectivity index (χ2v) is 3.12. The molecule has 0 aromatic heterocycles. The lowest BCUT2D eigenvalue weighted by atomic mass is 10.2. The van der Waals surface area contributed by atoms with E-state index in [1.165, 1.54) is 0 Å². The molecule has 0 radical (unpaired) electrons. The molecule has 0 aliphatic rings. The fourth-order valence-corrected chi connectivity index (χ4v) is 1.23. The van der Waals surface area contributed by atoms with Gasteiger partial charge in [0.25, 0.3) is 6.43 Å². The second-order valence-electron chi connectivity index (χ2n) is 3.12. The van der Waals surface area contributed by atoms with Crippen LogP contribution in [0.25, 0.3) is 0 Å². The molecule has 0 spiro atoms. The van der Waals surface area contributed by atoms with Gasteiger partial charge in [-0.15, -0.1) is 6.42 Å². The molecule has 0 amide bonds. The first-order chi connectivity index (χ1) is 7.74. The maximum Gasteiger partial charge on any atom is 0.250 e. The van der Waals surface area contributed by atoms with E-state index < -0.39 is 6.43 Å². The number of benzene rings is 1. The van der Waals surface area contributed by atoms with E-state index in [4.69, 9.17) is 11.2 Å². The van der Waals surface area contributed by atoms with Crippen LogP contribution >= 0.6 is 0 Å². The van der Waals surface area contributed by atoms with Crippen LogP contribution in [0.5, 0.6) is 5.75 Å². The largest absolute Gasteiger partial charge is 0.481 e. The van der Waals surface area contributed by atoms with Gasteiger partial charge < -0.3 is 10.1 Å². The van der Waals surface area contributed by atoms with Crippen molar-refractivity contribution in [3.8, 4) is 18.1 Å². The van der Waals surface area contributed by atoms with Crippen molar-refractivity contribution in [1.29, 1.82) is 0 Å². The van der Waals surface area contributed by atoms with Crippen molar-refractivity contribution >= 4 is 0 Å². The van der Waals surface area contributed by atoms with Gasteiger partial charge in [0.05, 0.1) is 6.54 Å². The van der Waals surface area contributed by atoms with Crippen LogP contribution in [0.4, 0.5) is 8.78 Å². The first kappa shape index (κ1) is 12.5. The highest BCUT2D eigenvalue weighted by molar-refractivity contribution is 5.33. The zero-order valence-corrected chi connectivity index (χ0v) is 8.75. The molecule has 0 aliphatic heterocycles. The van der Waals surface area contributed by atoms with Crippen LogP contribution in [0, 0.1) is 12.3 Å². The van der Waals surface area contributed by atoms with Crippen LogP contribution in [-0.2, 0) is 6.54 Å². The van der Waals surface area contributed by atoms with Crippen molar-refractivity contribution in [2.75, 3.05) is 13.2 Å². The van der Waals surface area contributed by atoms with Crippen LogP contribution in [-0.4, -0.2) is 19.6 Å². The Balaban J connectivity index is 2.53. The Kier molecular flexibility index (Phi) is 5.30. The van der Waals surface area contributed by atoms with Gasteiger partial charge in [-0.3, -0.25) is 0 Å². The Morgan fingerprint density at radius 3 is 2.81 bits per heavy atom. The molecule has 0 aliphatic carbocycles. The Morgan fingerprint density at radius 1 is 1.38 bits per heavy atom. The Bertz CT molecular complexity index is 360. The lowest BCUT2D eigenvalue weighted by Crippen LogP contribution is -2.21. The molecule has 0 saturated carbocycles. The van der Waals surface area contributed by atoms with Crippen molar-refractivity contribution in [3.05, 3.63) is 29.8 Å². The quantitative estimate of drug-likeness (QED) is 0.748. The summed E-state index contributed by atoms with van der Waals surface area (Å²) in [4.78, 5) is 0. The van der Waals surface area contributed by atoms with Gasteiger partial charge in [0.1, 0.15) is 12.4 Å². The number of halogens is 2. The van der Waals surface area contributed by atoms with Crippen LogP contribution in [0.2, 0.25) is 0 Å². The van der Waals surface area contributed by atoms with E-state index in [1.807, 2.05) is 18.2 Å². The lowest BCUT2D eigenvalue weighted by Gasteiger charge is -2.10. The summed E-state index contributed by atoms with van der Waals surface area (Å²) >= 11 is 0. The molecule has 0 atom stereocenters. The monoisotopic (exact) mass is 225 g/mol. The zero-order chi connectivity index (χ0) is 11.8. The van der Waals surface area contributed by atoms with E-state index in [0.29, 0.717) is 12.3 Å². The molecular weight excluding hydrogens is 212 g/mol. The highest BCUT2D eigenvalue weighted by Crippen LogP contribution is 2.17. The first-order valence-electron chi connectivity index (χ1n) is 4.87. The fraction of sp³-hybridized carbons (Fsp3) is 0.333. The smallest absolute Gasteiger partial charge is 0.250 e. The van der Waals surface area contributed by atoms with Gasteiger partial charge in [-0.05, 0) is 6.07 Å². The summed E-state index contributed by atoms with van der Waals surface area (Å²) in [6.07, 6.45) is 2.73. The van der Waals surface area contributed by atoms with Gasteiger partial charge in [-0.2, -0.15) is 0 Å². The van der Waals surface area contributed by atoms with Gasteiger partial charge >= 0.3 is 0 Å². The number of nitrogens with one attached hydrogen (secondary N) is 1. The fourth-order valence-electron chi connectivity index (χ4n) is 1.23. The third kappa shape index (κ3) is 4.28. The number of rotatable bonds is 6. The third-order valence-corrected chi connectivity index (χ3v) is 1.90. The van der Waals surface area contributed by atoms with E-state index in [0.717, 1.165) is 5.56 Å². The van der Waals surface area contributed by atoms with Crippen molar-refractivity contribution in [2.24, 2.45) is 0 Å². The Labute approximate surface area is 93.6 Å². The van der Waals surface area contributed by atoms with E-state index in [2.05, 4.69) is 11.2 Å². The summed E-state index contributed by atoms with van der Waals surface area (Å²) < 4.78 is 29.1. The van der Waals surface area contributed by atoms with E-state index in [1.54, 1.807) is 6.07 Å². The Morgan fingerprint density at radius 2 is 2.12 bits per heavy atom. The molecule has 0 unspecified atom stereocenters. The highest BCUT2D eigenvalue weighted by Gasteiger charge is 2.04. The van der Waals surface area contributed by atoms with Crippen LogP contribution < -0.4 is 10.1 Å². The van der Waals surface area contributed by atoms with Crippen molar-refractivity contribution < 1.29 is 13.5 Å². The number of alkyl halides is 2. The summed E-state index contributed by atoms with van der Waals surface area (Å²) in [5.74, 6) is 2.98. The Hall–Kier alpha value is -1.60. The summed E-state index contributed by atoms with van der Waals surface area (Å²) in [5.41, 5.74) is 0.818. The van der Waals surface area contributed by atoms with Crippen LogP contribution in [0.3, 0.4) is 0 Å². The molecule has 0 bridgehead atoms. The third-order valence-electron chi connectivity index (χ3n) is 1.90. The summed E-state index contributed by atoms with van der Waals surface area (Å²) in [6, 6.07) is 7.20. The molecule has 86 valence electrons. The number of hydrogen-bond acceptors (Lipinski definition) is 2. The molecule has 16 heavy (non-hydrogen) atoms. The molecular formula is C12H13F2NO. The first-order valence-corrected chi connectivity index (χ1v) is 4.87. The molecule has 0 saturated heterocycles. The minimum absolute atomic E-state index is 0.172. The number of hydrogen-bond donors (Lipinski definition) is 1. The standard InChI is InChI=1S/C12H13F2NO/c1-2-7-16-11-6-4-3-5-10(11)8-15-9-12(13)14/h1,3-6,12,15H,7-9H2. The number of para-hydroxylation sites is 1. The molecule has 1 aromatic carbocycles. The average molecular weight is 225 g/mol. The maximum atomic E-state index is 11.9. The SMILES string of the molecule is C#CCOc1ccccc1CNCC(F)F. The average Bonchev–Trinajstić information content (AvgIpc) is 2.27. The van der Waals surface area contributed by atoms with Gasteiger partial charge in [0.15, 0.2) is 0 Å². The van der Waals surface area contributed by atoms with Gasteiger partial charge in [0, 0.05) is 12.1 Å². The minimum atomic E-state index is -2.35. The summed E-state index contributed by atoms with van der Waals surface area (Å²) in [6.45, 7) is 0.181. The molecule has 1 aromatic rings. The van der Waals surface area contributed by atoms with Gasteiger partial charge in [-0.1, -0.05) is 24.1 Å². The molecule has 1 rings (SSSR count).